The van der Waals surface area contributed by atoms with Gasteiger partial charge >= 0.3 is 5.97 Å². The van der Waals surface area contributed by atoms with Gasteiger partial charge in [-0.15, -0.1) is 11.8 Å². The lowest BCUT2D eigenvalue weighted by Crippen LogP contribution is -2.48. The van der Waals surface area contributed by atoms with Gasteiger partial charge in [-0.2, -0.15) is 0 Å². The zero-order chi connectivity index (χ0) is 15.1. The first kappa shape index (κ1) is 16.0. The minimum absolute atomic E-state index is 0.0928. The summed E-state index contributed by atoms with van der Waals surface area (Å²) in [6.45, 7) is 2.74. The van der Waals surface area contributed by atoms with Gasteiger partial charge in [-0.3, -0.25) is 10.1 Å². The van der Waals surface area contributed by atoms with Gasteiger partial charge in [0.1, 0.15) is 24.1 Å². The summed E-state index contributed by atoms with van der Waals surface area (Å²) >= 11 is 1.76. The Morgan fingerprint density at radius 1 is 1.33 bits per heavy atom. The van der Waals surface area contributed by atoms with Gasteiger partial charge in [0.25, 0.3) is 0 Å². The Morgan fingerprint density at radius 3 is 2.71 bits per heavy atom. The van der Waals surface area contributed by atoms with E-state index in [1.54, 1.807) is 18.9 Å². The molecule has 2 atom stereocenters. The minimum Gasteiger partial charge on any atom is -0.497 e. The van der Waals surface area contributed by atoms with Crippen molar-refractivity contribution in [3.63, 3.8) is 0 Å². The Labute approximate surface area is 129 Å². The molecule has 1 aromatic rings. The molecule has 2 rings (SSSR count). The highest BCUT2D eigenvalue weighted by atomic mass is 32.2. The molecule has 1 aliphatic rings. The first-order valence-corrected chi connectivity index (χ1v) is 8.09. The third-order valence-corrected chi connectivity index (χ3v) is 4.29. The molecule has 0 aliphatic carbocycles. The summed E-state index contributed by atoms with van der Waals surface area (Å²) in [7, 11) is 1.63. The first-order chi connectivity index (χ1) is 10.2. The average Bonchev–Trinajstić information content (AvgIpc) is 2.54. The topological polar surface area (TPSA) is 56.8 Å². The molecule has 1 aromatic carbocycles. The number of carbonyl (C=O) groups is 1. The van der Waals surface area contributed by atoms with Gasteiger partial charge in [-0.25, -0.2) is 0 Å². The molecule has 0 aromatic heterocycles. The fourth-order valence-electron chi connectivity index (χ4n) is 2.05. The summed E-state index contributed by atoms with van der Waals surface area (Å²) in [5.41, 5.74) is 0. The summed E-state index contributed by atoms with van der Waals surface area (Å²) in [5.74, 6) is 2.34. The van der Waals surface area contributed by atoms with Crippen LogP contribution in [0.4, 0.5) is 0 Å². The molecule has 1 heterocycles. The fraction of sp³-hybridized carbons (Fsp3) is 0.533. The Morgan fingerprint density at radius 2 is 2.05 bits per heavy atom. The molecule has 0 spiro atoms. The van der Waals surface area contributed by atoms with E-state index < -0.39 is 0 Å². The number of rotatable bonds is 6. The molecule has 1 aliphatic heterocycles. The smallest absolute Gasteiger partial charge is 0.323 e. The van der Waals surface area contributed by atoms with Crippen LogP contribution in [0.5, 0.6) is 11.5 Å². The van der Waals surface area contributed by atoms with Crippen molar-refractivity contribution < 1.29 is 19.0 Å². The van der Waals surface area contributed by atoms with Crippen LogP contribution in [0.15, 0.2) is 24.3 Å². The van der Waals surface area contributed by atoms with Crippen LogP contribution in [0, 0.1) is 0 Å². The highest BCUT2D eigenvalue weighted by Gasteiger charge is 2.28. The number of carbonyl (C=O) groups excluding carboxylic acids is 1. The summed E-state index contributed by atoms with van der Waals surface area (Å²) in [5, 5.41) is 3.36. The lowest BCUT2D eigenvalue weighted by atomic mass is 10.2. The van der Waals surface area contributed by atoms with Gasteiger partial charge in [0.2, 0.25) is 0 Å². The summed E-state index contributed by atoms with van der Waals surface area (Å²) < 4.78 is 15.9. The summed E-state index contributed by atoms with van der Waals surface area (Å²) in [6.07, 6.45) is 0.794. The van der Waals surface area contributed by atoms with Crippen LogP contribution in [-0.4, -0.2) is 43.5 Å². The molecular weight excluding hydrogens is 290 g/mol. The highest BCUT2D eigenvalue weighted by Crippen LogP contribution is 2.22. The normalized spacial score (nSPS) is 21.6. The van der Waals surface area contributed by atoms with Crippen molar-refractivity contribution in [1.82, 2.24) is 5.32 Å². The van der Waals surface area contributed by atoms with E-state index in [9.17, 15) is 4.79 Å². The molecule has 0 amide bonds. The predicted molar refractivity (Wildman–Crippen MR) is 82.9 cm³/mol. The zero-order valence-electron chi connectivity index (χ0n) is 12.3. The van der Waals surface area contributed by atoms with E-state index in [0.717, 1.165) is 23.7 Å². The third kappa shape index (κ3) is 4.82. The van der Waals surface area contributed by atoms with E-state index in [-0.39, 0.29) is 17.4 Å². The number of methoxy groups -OCH3 is 1. The summed E-state index contributed by atoms with van der Waals surface area (Å²) in [4.78, 5) is 11.7. The van der Waals surface area contributed by atoms with Crippen LogP contribution in [0.1, 0.15) is 13.3 Å². The maximum atomic E-state index is 11.7. The second kappa shape index (κ2) is 8.14. The van der Waals surface area contributed by atoms with Crippen molar-refractivity contribution in [3.8, 4) is 11.5 Å². The van der Waals surface area contributed by atoms with Crippen molar-refractivity contribution in [2.24, 2.45) is 0 Å². The quantitative estimate of drug-likeness (QED) is 0.812. The monoisotopic (exact) mass is 311 g/mol. The van der Waals surface area contributed by atoms with E-state index in [0.29, 0.717) is 13.2 Å². The lowest BCUT2D eigenvalue weighted by Gasteiger charge is -2.29. The second-order valence-electron chi connectivity index (χ2n) is 4.61. The molecule has 0 bridgehead atoms. The number of benzene rings is 1. The molecule has 1 N–H and O–H groups in total. The van der Waals surface area contributed by atoms with Crippen molar-refractivity contribution in [2.75, 3.05) is 26.1 Å². The number of ether oxygens (including phenoxy) is 3. The second-order valence-corrected chi connectivity index (χ2v) is 5.92. The molecular formula is C15H21NO4S. The van der Waals surface area contributed by atoms with Crippen LogP contribution in [0.3, 0.4) is 0 Å². The van der Waals surface area contributed by atoms with Crippen LogP contribution in [0.2, 0.25) is 0 Å². The molecule has 1 fully saturated rings. The van der Waals surface area contributed by atoms with Crippen LogP contribution < -0.4 is 14.8 Å². The van der Waals surface area contributed by atoms with Crippen molar-refractivity contribution >= 4 is 17.7 Å². The maximum Gasteiger partial charge on any atom is 0.323 e. The van der Waals surface area contributed by atoms with Crippen LogP contribution in [0.25, 0.3) is 0 Å². The van der Waals surface area contributed by atoms with Crippen molar-refractivity contribution in [3.05, 3.63) is 24.3 Å². The maximum absolute atomic E-state index is 11.7. The Kier molecular flexibility index (Phi) is 6.20. The SMILES string of the molecule is CCOC(=O)C1CCSC(COc2ccc(OC)cc2)N1. The Bertz CT molecular complexity index is 451. The summed E-state index contributed by atoms with van der Waals surface area (Å²) in [6, 6.07) is 7.23. The fourth-order valence-corrected chi connectivity index (χ4v) is 3.13. The lowest BCUT2D eigenvalue weighted by molar-refractivity contribution is -0.145. The standard InChI is InChI=1S/C15H21NO4S/c1-3-19-15(17)13-8-9-21-14(16-13)10-20-12-6-4-11(18-2)5-7-12/h4-7,13-14,16H,3,8-10H2,1-2H3. The van der Waals surface area contributed by atoms with E-state index in [1.807, 2.05) is 31.2 Å². The minimum atomic E-state index is -0.226. The van der Waals surface area contributed by atoms with Crippen molar-refractivity contribution in [2.45, 2.75) is 24.8 Å². The van der Waals surface area contributed by atoms with Gasteiger partial charge in [-0.1, -0.05) is 0 Å². The van der Waals surface area contributed by atoms with Crippen LogP contribution in [-0.2, 0) is 9.53 Å². The third-order valence-electron chi connectivity index (χ3n) is 3.14. The number of nitrogens with one attached hydrogen (secondary N) is 1. The molecule has 1 saturated heterocycles. The Balaban J connectivity index is 1.80. The van der Waals surface area contributed by atoms with Gasteiger partial charge in [0, 0.05) is 0 Å². The van der Waals surface area contributed by atoms with Gasteiger partial charge in [0.15, 0.2) is 0 Å². The van der Waals surface area contributed by atoms with Gasteiger partial charge < -0.3 is 14.2 Å². The van der Waals surface area contributed by atoms with E-state index >= 15 is 0 Å². The molecule has 6 heteroatoms. The zero-order valence-corrected chi connectivity index (χ0v) is 13.2. The molecule has 5 nitrogen and oxygen atoms in total. The van der Waals surface area contributed by atoms with E-state index in [2.05, 4.69) is 5.32 Å². The number of hydrogen-bond donors (Lipinski definition) is 1. The Hall–Kier alpha value is -1.40. The van der Waals surface area contributed by atoms with E-state index in [1.165, 1.54) is 0 Å². The molecule has 0 saturated carbocycles. The molecule has 21 heavy (non-hydrogen) atoms. The number of esters is 1. The molecule has 116 valence electrons. The first-order valence-electron chi connectivity index (χ1n) is 7.04. The van der Waals surface area contributed by atoms with Gasteiger partial charge in [-0.05, 0) is 43.4 Å². The molecule has 0 radical (unpaired) electrons. The highest BCUT2D eigenvalue weighted by molar-refractivity contribution is 7.99. The van der Waals surface area contributed by atoms with E-state index in [4.69, 9.17) is 14.2 Å². The van der Waals surface area contributed by atoms with Crippen molar-refractivity contribution in [1.29, 1.82) is 0 Å². The van der Waals surface area contributed by atoms with Crippen LogP contribution >= 0.6 is 11.8 Å². The number of hydrogen-bond acceptors (Lipinski definition) is 6. The number of thioether (sulfide) groups is 1. The predicted octanol–water partition coefficient (Wildman–Crippen LogP) is 2.06. The molecule has 2 unspecified atom stereocenters. The average molecular weight is 311 g/mol. The largest absolute Gasteiger partial charge is 0.497 e. The van der Waals surface area contributed by atoms with Gasteiger partial charge in [0.05, 0.1) is 19.1 Å².